The third kappa shape index (κ3) is 3.71. The quantitative estimate of drug-likeness (QED) is 0.460. The topological polar surface area (TPSA) is 58.8 Å². The van der Waals surface area contributed by atoms with Crippen LogP contribution in [0.1, 0.15) is 11.1 Å². The number of aromatic hydroxyl groups is 1. The zero-order valence-corrected chi connectivity index (χ0v) is 16.7. The molecule has 2 N–H and O–H groups in total. The number of hydrogen-bond acceptors (Lipinski definition) is 4. The molecule has 0 amide bonds. The first-order chi connectivity index (χ1) is 14.0. The fraction of sp³-hybridized carbons (Fsp3) is 0.136. The van der Waals surface area contributed by atoms with Crippen molar-refractivity contribution in [3.63, 3.8) is 0 Å². The fourth-order valence-electron chi connectivity index (χ4n) is 3.18. The molecule has 7 heteroatoms. The highest BCUT2D eigenvalue weighted by Gasteiger charge is 2.18. The van der Waals surface area contributed by atoms with Gasteiger partial charge in [-0.2, -0.15) is 0 Å². The minimum absolute atomic E-state index is 0.0527. The van der Waals surface area contributed by atoms with Crippen molar-refractivity contribution in [3.8, 4) is 22.8 Å². The van der Waals surface area contributed by atoms with Gasteiger partial charge in [-0.1, -0.05) is 29.8 Å². The number of ether oxygens (including phenoxy) is 1. The number of aryl methyl sites for hydroxylation is 1. The normalized spacial score (nSPS) is 11.0. The van der Waals surface area contributed by atoms with Crippen molar-refractivity contribution in [2.24, 2.45) is 0 Å². The second-order valence-corrected chi connectivity index (χ2v) is 7.17. The molecule has 0 fully saturated rings. The summed E-state index contributed by atoms with van der Waals surface area (Å²) in [5.74, 6) is -0.523. The van der Waals surface area contributed by atoms with E-state index in [0.29, 0.717) is 28.6 Å². The van der Waals surface area contributed by atoms with Crippen molar-refractivity contribution in [3.05, 3.63) is 76.7 Å². The molecule has 0 atom stereocenters. The Kier molecular flexibility index (Phi) is 5.03. The van der Waals surface area contributed by atoms with Crippen LogP contribution < -0.4 is 10.1 Å². The molecule has 0 saturated heterocycles. The standard InChI is InChI=1S/C22H19ClFN3O2/c1-13-3-8-19-26-20(15-9-17(24)21(28)18(10-15)29-2)22(27(19)12-13)25-11-14-4-6-16(23)7-5-14/h3-10,12,25,28H,11H2,1-2H3. The van der Waals surface area contributed by atoms with Gasteiger partial charge in [0, 0.05) is 23.3 Å². The Morgan fingerprint density at radius 2 is 1.93 bits per heavy atom. The second-order valence-electron chi connectivity index (χ2n) is 6.73. The minimum atomic E-state index is -0.767. The Bertz CT molecular complexity index is 1190. The van der Waals surface area contributed by atoms with Crippen LogP contribution in [0.25, 0.3) is 16.9 Å². The molecule has 29 heavy (non-hydrogen) atoms. The number of rotatable bonds is 5. The lowest BCUT2D eigenvalue weighted by molar-refractivity contribution is 0.357. The number of halogens is 2. The van der Waals surface area contributed by atoms with E-state index in [1.54, 1.807) is 6.07 Å². The van der Waals surface area contributed by atoms with Crippen LogP contribution in [0, 0.1) is 12.7 Å². The zero-order chi connectivity index (χ0) is 20.5. The number of methoxy groups -OCH3 is 1. The molecule has 0 unspecified atom stereocenters. The van der Waals surface area contributed by atoms with Gasteiger partial charge in [0.1, 0.15) is 17.2 Å². The fourth-order valence-corrected chi connectivity index (χ4v) is 3.30. The molecule has 0 aliphatic carbocycles. The zero-order valence-electron chi connectivity index (χ0n) is 15.9. The van der Waals surface area contributed by atoms with E-state index < -0.39 is 11.6 Å². The lowest BCUT2D eigenvalue weighted by Gasteiger charge is -2.11. The molecule has 2 aromatic carbocycles. The number of imidazole rings is 1. The Hall–Kier alpha value is -3.25. The SMILES string of the molecule is COc1cc(-c2nc3ccc(C)cn3c2NCc2ccc(Cl)cc2)cc(F)c1O. The van der Waals surface area contributed by atoms with E-state index in [1.807, 2.05) is 53.9 Å². The lowest BCUT2D eigenvalue weighted by atomic mass is 10.1. The van der Waals surface area contributed by atoms with E-state index in [-0.39, 0.29) is 5.75 Å². The van der Waals surface area contributed by atoms with E-state index in [0.717, 1.165) is 16.8 Å². The Morgan fingerprint density at radius 3 is 2.66 bits per heavy atom. The van der Waals surface area contributed by atoms with Crippen LogP contribution in [0.5, 0.6) is 11.5 Å². The molecule has 148 valence electrons. The molecule has 0 radical (unpaired) electrons. The van der Waals surface area contributed by atoms with E-state index in [9.17, 15) is 9.50 Å². The van der Waals surface area contributed by atoms with Crippen LogP contribution >= 0.6 is 11.6 Å². The highest BCUT2D eigenvalue weighted by atomic mass is 35.5. The van der Waals surface area contributed by atoms with Gasteiger partial charge < -0.3 is 15.2 Å². The van der Waals surface area contributed by atoms with Crippen LogP contribution in [0.15, 0.2) is 54.7 Å². The maximum absolute atomic E-state index is 14.3. The Labute approximate surface area is 172 Å². The summed E-state index contributed by atoms with van der Waals surface area (Å²) >= 11 is 5.97. The average Bonchev–Trinajstić information content (AvgIpc) is 3.07. The van der Waals surface area contributed by atoms with Crippen LogP contribution in [0.2, 0.25) is 5.02 Å². The summed E-state index contributed by atoms with van der Waals surface area (Å²) < 4.78 is 21.3. The van der Waals surface area contributed by atoms with Crippen molar-refractivity contribution < 1.29 is 14.2 Å². The predicted octanol–water partition coefficient (Wildman–Crippen LogP) is 5.43. The third-order valence-electron chi connectivity index (χ3n) is 4.66. The van der Waals surface area contributed by atoms with Gasteiger partial charge in [-0.15, -0.1) is 0 Å². The largest absolute Gasteiger partial charge is 0.502 e. The van der Waals surface area contributed by atoms with Crippen LogP contribution in [0.3, 0.4) is 0 Å². The van der Waals surface area contributed by atoms with E-state index in [2.05, 4.69) is 10.3 Å². The lowest BCUT2D eigenvalue weighted by Crippen LogP contribution is -2.03. The summed E-state index contributed by atoms with van der Waals surface area (Å²) in [6.45, 7) is 2.52. The summed E-state index contributed by atoms with van der Waals surface area (Å²) in [6.07, 6.45) is 1.96. The van der Waals surface area contributed by atoms with Gasteiger partial charge >= 0.3 is 0 Å². The summed E-state index contributed by atoms with van der Waals surface area (Å²) in [7, 11) is 1.38. The van der Waals surface area contributed by atoms with E-state index in [1.165, 1.54) is 13.2 Å². The van der Waals surface area contributed by atoms with Gasteiger partial charge in [0.15, 0.2) is 17.3 Å². The number of phenolic OH excluding ortho intramolecular Hbond substituents is 1. The smallest absolute Gasteiger partial charge is 0.194 e. The number of anilines is 1. The molecule has 5 nitrogen and oxygen atoms in total. The molecule has 0 bridgehead atoms. The Morgan fingerprint density at radius 1 is 1.17 bits per heavy atom. The maximum atomic E-state index is 14.3. The van der Waals surface area contributed by atoms with Gasteiger partial charge in [0.2, 0.25) is 0 Å². The van der Waals surface area contributed by atoms with Crippen LogP contribution in [-0.2, 0) is 6.54 Å². The van der Waals surface area contributed by atoms with Crippen LogP contribution in [0.4, 0.5) is 10.2 Å². The summed E-state index contributed by atoms with van der Waals surface area (Å²) in [5, 5.41) is 13.9. The van der Waals surface area contributed by atoms with Crippen molar-refractivity contribution >= 4 is 23.1 Å². The molecule has 0 spiro atoms. The number of pyridine rings is 1. The number of fused-ring (bicyclic) bond motifs is 1. The molecule has 0 aliphatic rings. The number of aromatic nitrogens is 2. The molecule has 2 heterocycles. The number of benzene rings is 2. The van der Waals surface area contributed by atoms with Crippen molar-refractivity contribution in [2.45, 2.75) is 13.5 Å². The minimum Gasteiger partial charge on any atom is -0.502 e. The van der Waals surface area contributed by atoms with E-state index in [4.69, 9.17) is 16.3 Å². The van der Waals surface area contributed by atoms with Gasteiger partial charge in [-0.3, -0.25) is 4.40 Å². The predicted molar refractivity (Wildman–Crippen MR) is 112 cm³/mol. The van der Waals surface area contributed by atoms with Crippen molar-refractivity contribution in [2.75, 3.05) is 12.4 Å². The van der Waals surface area contributed by atoms with Gasteiger partial charge in [-0.25, -0.2) is 9.37 Å². The first kappa shape index (κ1) is 19.1. The number of phenols is 1. The average molecular weight is 412 g/mol. The van der Waals surface area contributed by atoms with Crippen molar-refractivity contribution in [1.29, 1.82) is 0 Å². The monoisotopic (exact) mass is 411 g/mol. The molecule has 2 aromatic heterocycles. The first-order valence-corrected chi connectivity index (χ1v) is 9.38. The maximum Gasteiger partial charge on any atom is 0.194 e. The highest BCUT2D eigenvalue weighted by Crippen LogP contribution is 2.37. The van der Waals surface area contributed by atoms with Crippen molar-refractivity contribution in [1.82, 2.24) is 9.38 Å². The van der Waals surface area contributed by atoms with Gasteiger partial charge in [0.25, 0.3) is 0 Å². The molecule has 4 rings (SSSR count). The Balaban J connectivity index is 1.82. The molecule has 0 aliphatic heterocycles. The first-order valence-electron chi connectivity index (χ1n) is 9.00. The number of nitrogens with one attached hydrogen (secondary N) is 1. The molecule has 4 aromatic rings. The second kappa shape index (κ2) is 7.64. The summed E-state index contributed by atoms with van der Waals surface area (Å²) in [6, 6.07) is 14.2. The number of nitrogens with zero attached hydrogens (tertiary/aromatic N) is 2. The third-order valence-corrected chi connectivity index (χ3v) is 4.91. The van der Waals surface area contributed by atoms with E-state index >= 15 is 0 Å². The summed E-state index contributed by atoms with van der Waals surface area (Å²) in [5.41, 5.74) is 3.87. The van der Waals surface area contributed by atoms with Gasteiger partial charge in [0.05, 0.1) is 7.11 Å². The highest BCUT2D eigenvalue weighted by molar-refractivity contribution is 6.30. The molecular weight excluding hydrogens is 393 g/mol. The van der Waals surface area contributed by atoms with Crippen LogP contribution in [-0.4, -0.2) is 21.6 Å². The van der Waals surface area contributed by atoms with Gasteiger partial charge in [-0.05, 0) is 48.4 Å². The molecular formula is C22H19ClFN3O2. The summed E-state index contributed by atoms with van der Waals surface area (Å²) in [4.78, 5) is 4.67. The number of hydrogen-bond donors (Lipinski definition) is 2. The molecule has 0 saturated carbocycles.